The largest absolute Gasteiger partial charge is 0.459 e. The molecule has 0 spiro atoms. The Morgan fingerprint density at radius 3 is 2.70 bits per heavy atom. The molecule has 3 rings (SSSR count). The molecule has 3 heteroatoms. The summed E-state index contributed by atoms with van der Waals surface area (Å²) < 4.78 is 5.88. The SMILES string of the molecule is Cc1cccc2cc(C(N)c3cccc(C#N)c3)oc12. The summed E-state index contributed by atoms with van der Waals surface area (Å²) in [5.74, 6) is 0.712. The molecule has 0 saturated carbocycles. The van der Waals surface area contributed by atoms with Crippen LogP contribution in [0.15, 0.2) is 52.9 Å². The zero-order valence-electron chi connectivity index (χ0n) is 11.1. The molecular weight excluding hydrogens is 248 g/mol. The molecule has 1 aromatic heterocycles. The second kappa shape index (κ2) is 4.84. The molecule has 1 atom stereocenters. The monoisotopic (exact) mass is 262 g/mol. The molecule has 3 nitrogen and oxygen atoms in total. The normalized spacial score (nSPS) is 12.2. The van der Waals surface area contributed by atoms with Gasteiger partial charge in [-0.2, -0.15) is 5.26 Å². The molecule has 0 saturated heterocycles. The maximum Gasteiger partial charge on any atom is 0.137 e. The van der Waals surface area contributed by atoms with E-state index in [0.717, 1.165) is 22.1 Å². The fraction of sp³-hybridized carbons (Fsp3) is 0.118. The van der Waals surface area contributed by atoms with Crippen molar-refractivity contribution in [1.82, 2.24) is 0 Å². The summed E-state index contributed by atoms with van der Waals surface area (Å²) in [5, 5.41) is 10.00. The van der Waals surface area contributed by atoms with Crippen molar-refractivity contribution in [3.63, 3.8) is 0 Å². The van der Waals surface area contributed by atoms with Crippen LogP contribution in [-0.2, 0) is 0 Å². The van der Waals surface area contributed by atoms with Crippen LogP contribution in [0, 0.1) is 18.3 Å². The average Bonchev–Trinajstić information content (AvgIpc) is 2.92. The number of benzene rings is 2. The van der Waals surface area contributed by atoms with E-state index in [-0.39, 0.29) is 6.04 Å². The van der Waals surface area contributed by atoms with Crippen molar-refractivity contribution in [3.05, 3.63) is 71.0 Å². The number of furan rings is 1. The number of hydrogen-bond acceptors (Lipinski definition) is 3. The van der Waals surface area contributed by atoms with Crippen LogP contribution in [0.2, 0.25) is 0 Å². The third-order valence-electron chi connectivity index (χ3n) is 3.44. The Bertz CT molecular complexity index is 811. The molecule has 1 unspecified atom stereocenters. The molecule has 2 aromatic carbocycles. The quantitative estimate of drug-likeness (QED) is 0.766. The van der Waals surface area contributed by atoms with Gasteiger partial charge < -0.3 is 10.2 Å². The number of para-hydroxylation sites is 1. The number of aryl methyl sites for hydroxylation is 1. The lowest BCUT2D eigenvalue weighted by Crippen LogP contribution is -2.10. The lowest BCUT2D eigenvalue weighted by Gasteiger charge is -2.09. The molecule has 0 aliphatic carbocycles. The molecule has 0 aliphatic heterocycles. The van der Waals surface area contributed by atoms with Crippen molar-refractivity contribution in [2.75, 3.05) is 0 Å². The minimum absolute atomic E-state index is 0.366. The van der Waals surface area contributed by atoms with Gasteiger partial charge in [-0.05, 0) is 36.2 Å². The molecule has 1 heterocycles. The third kappa shape index (κ3) is 2.07. The fourth-order valence-electron chi connectivity index (χ4n) is 2.35. The molecule has 0 bridgehead atoms. The van der Waals surface area contributed by atoms with Crippen LogP contribution in [0.25, 0.3) is 11.0 Å². The van der Waals surface area contributed by atoms with Crippen LogP contribution < -0.4 is 5.73 Å². The fourth-order valence-corrected chi connectivity index (χ4v) is 2.35. The lowest BCUT2D eigenvalue weighted by atomic mass is 10.0. The first-order chi connectivity index (χ1) is 9.69. The number of hydrogen-bond donors (Lipinski definition) is 1. The van der Waals surface area contributed by atoms with Crippen molar-refractivity contribution in [2.45, 2.75) is 13.0 Å². The van der Waals surface area contributed by atoms with E-state index in [4.69, 9.17) is 15.4 Å². The van der Waals surface area contributed by atoms with Gasteiger partial charge in [0.15, 0.2) is 0 Å². The zero-order chi connectivity index (χ0) is 14.1. The van der Waals surface area contributed by atoms with Gasteiger partial charge in [-0.25, -0.2) is 0 Å². The maximum atomic E-state index is 8.95. The molecule has 98 valence electrons. The minimum atomic E-state index is -0.366. The molecular formula is C17H14N2O. The Morgan fingerprint density at radius 2 is 1.95 bits per heavy atom. The van der Waals surface area contributed by atoms with Crippen molar-refractivity contribution in [2.24, 2.45) is 5.73 Å². The molecule has 20 heavy (non-hydrogen) atoms. The zero-order valence-corrected chi connectivity index (χ0v) is 11.1. The van der Waals surface area contributed by atoms with E-state index in [1.807, 2.05) is 43.3 Å². The van der Waals surface area contributed by atoms with Gasteiger partial charge in [0.25, 0.3) is 0 Å². The van der Waals surface area contributed by atoms with Crippen LogP contribution in [0.1, 0.15) is 28.5 Å². The first kappa shape index (κ1) is 12.5. The van der Waals surface area contributed by atoms with Gasteiger partial charge in [-0.15, -0.1) is 0 Å². The van der Waals surface area contributed by atoms with Gasteiger partial charge in [-0.3, -0.25) is 0 Å². The van der Waals surface area contributed by atoms with E-state index in [1.54, 1.807) is 12.1 Å². The van der Waals surface area contributed by atoms with E-state index in [2.05, 4.69) is 6.07 Å². The summed E-state index contributed by atoms with van der Waals surface area (Å²) in [5.41, 5.74) is 9.69. The summed E-state index contributed by atoms with van der Waals surface area (Å²) in [7, 11) is 0. The molecule has 0 amide bonds. The Kier molecular flexibility index (Phi) is 3.02. The first-order valence-electron chi connectivity index (χ1n) is 6.44. The minimum Gasteiger partial charge on any atom is -0.459 e. The molecule has 0 aliphatic rings. The number of fused-ring (bicyclic) bond motifs is 1. The third-order valence-corrected chi connectivity index (χ3v) is 3.44. The van der Waals surface area contributed by atoms with E-state index < -0.39 is 0 Å². The van der Waals surface area contributed by atoms with Crippen LogP contribution >= 0.6 is 0 Å². The van der Waals surface area contributed by atoms with Crippen LogP contribution in [0.3, 0.4) is 0 Å². The van der Waals surface area contributed by atoms with Crippen molar-refractivity contribution in [3.8, 4) is 6.07 Å². The molecule has 2 N–H and O–H groups in total. The topological polar surface area (TPSA) is 63.0 Å². The highest BCUT2D eigenvalue weighted by Gasteiger charge is 2.15. The van der Waals surface area contributed by atoms with Gasteiger partial charge in [0.1, 0.15) is 11.3 Å². The Balaban J connectivity index is 2.06. The summed E-state index contributed by atoms with van der Waals surface area (Å²) >= 11 is 0. The first-order valence-corrected chi connectivity index (χ1v) is 6.44. The van der Waals surface area contributed by atoms with E-state index in [0.29, 0.717) is 11.3 Å². The van der Waals surface area contributed by atoms with Crippen LogP contribution in [0.5, 0.6) is 0 Å². The smallest absolute Gasteiger partial charge is 0.137 e. The predicted octanol–water partition coefficient (Wildman–Crippen LogP) is 3.66. The van der Waals surface area contributed by atoms with Crippen molar-refractivity contribution < 1.29 is 4.42 Å². The van der Waals surface area contributed by atoms with E-state index in [1.165, 1.54) is 0 Å². The summed E-state index contributed by atoms with van der Waals surface area (Å²) in [6, 6.07) is 17.0. The van der Waals surface area contributed by atoms with Gasteiger partial charge in [0.2, 0.25) is 0 Å². The highest BCUT2D eigenvalue weighted by Crippen LogP contribution is 2.28. The highest BCUT2D eigenvalue weighted by atomic mass is 16.3. The van der Waals surface area contributed by atoms with E-state index >= 15 is 0 Å². The van der Waals surface area contributed by atoms with E-state index in [9.17, 15) is 0 Å². The Hall–Kier alpha value is -2.57. The predicted molar refractivity (Wildman–Crippen MR) is 78.1 cm³/mol. The van der Waals surface area contributed by atoms with Crippen molar-refractivity contribution in [1.29, 1.82) is 5.26 Å². The number of nitriles is 1. The van der Waals surface area contributed by atoms with Gasteiger partial charge in [-0.1, -0.05) is 30.3 Å². The highest BCUT2D eigenvalue weighted by molar-refractivity contribution is 5.81. The summed E-state index contributed by atoms with van der Waals surface area (Å²) in [6.45, 7) is 2.01. The maximum absolute atomic E-state index is 8.95. The number of nitrogens with zero attached hydrogens (tertiary/aromatic N) is 1. The average molecular weight is 262 g/mol. The Morgan fingerprint density at radius 1 is 1.15 bits per heavy atom. The van der Waals surface area contributed by atoms with Crippen LogP contribution in [0.4, 0.5) is 0 Å². The molecule has 0 radical (unpaired) electrons. The Labute approximate surface area is 117 Å². The van der Waals surface area contributed by atoms with Crippen LogP contribution in [-0.4, -0.2) is 0 Å². The standard InChI is InChI=1S/C17H14N2O/c1-11-4-2-7-14-9-15(20-17(11)14)16(19)13-6-3-5-12(8-13)10-18/h2-9,16H,19H2,1H3. The van der Waals surface area contributed by atoms with Gasteiger partial charge in [0, 0.05) is 5.39 Å². The van der Waals surface area contributed by atoms with Gasteiger partial charge in [0.05, 0.1) is 17.7 Å². The number of nitrogens with two attached hydrogens (primary N) is 1. The van der Waals surface area contributed by atoms with Gasteiger partial charge >= 0.3 is 0 Å². The number of rotatable bonds is 2. The second-order valence-electron chi connectivity index (χ2n) is 4.86. The molecule has 0 fully saturated rings. The summed E-state index contributed by atoms with van der Waals surface area (Å²) in [6.07, 6.45) is 0. The second-order valence-corrected chi connectivity index (χ2v) is 4.86. The summed E-state index contributed by atoms with van der Waals surface area (Å²) in [4.78, 5) is 0. The lowest BCUT2D eigenvalue weighted by molar-refractivity contribution is 0.523. The molecule has 3 aromatic rings. The van der Waals surface area contributed by atoms with Crippen molar-refractivity contribution >= 4 is 11.0 Å².